The summed E-state index contributed by atoms with van der Waals surface area (Å²) in [7, 11) is 3.37. The molecule has 2 saturated heterocycles. The van der Waals surface area contributed by atoms with E-state index in [9.17, 15) is 4.39 Å². The maximum atomic E-state index is 13.9. The van der Waals surface area contributed by atoms with Gasteiger partial charge in [-0.2, -0.15) is 0 Å². The molecule has 2 unspecified atom stereocenters. The first kappa shape index (κ1) is 24.9. The van der Waals surface area contributed by atoms with E-state index in [1.807, 2.05) is 6.07 Å². The SMILES string of the molecule is CN=C(NCc1ccc(F)c(COC)c1)N1CC2OCCN(Cc3ccccc3)C2C1.I. The summed E-state index contributed by atoms with van der Waals surface area (Å²) in [6.45, 7) is 5.15. The van der Waals surface area contributed by atoms with Crippen LogP contribution in [-0.2, 0) is 29.2 Å². The lowest BCUT2D eigenvalue weighted by molar-refractivity contribution is -0.0502. The highest BCUT2D eigenvalue weighted by atomic mass is 127. The summed E-state index contributed by atoms with van der Waals surface area (Å²) in [5.41, 5.74) is 2.88. The average Bonchev–Trinajstić information content (AvgIpc) is 3.22. The van der Waals surface area contributed by atoms with Gasteiger partial charge < -0.3 is 19.7 Å². The van der Waals surface area contributed by atoms with Gasteiger partial charge in [0.2, 0.25) is 0 Å². The maximum absolute atomic E-state index is 13.9. The lowest BCUT2D eigenvalue weighted by Gasteiger charge is -2.36. The van der Waals surface area contributed by atoms with Gasteiger partial charge in [-0.05, 0) is 23.3 Å². The molecule has 0 spiro atoms. The molecule has 6 nitrogen and oxygen atoms in total. The summed E-state index contributed by atoms with van der Waals surface area (Å²) in [6.07, 6.45) is 0.176. The molecule has 0 aromatic heterocycles. The number of aliphatic imine (C=N–C) groups is 1. The molecule has 0 radical (unpaired) electrons. The van der Waals surface area contributed by atoms with Gasteiger partial charge in [0.15, 0.2) is 5.96 Å². The molecule has 4 rings (SSSR count). The minimum absolute atomic E-state index is 0. The number of nitrogens with one attached hydrogen (secondary N) is 1. The third kappa shape index (κ3) is 5.98. The molecule has 0 bridgehead atoms. The van der Waals surface area contributed by atoms with Crippen LogP contribution >= 0.6 is 24.0 Å². The standard InChI is InChI=1S/C24H31FN4O2.HI/c1-26-24(27-13-19-8-9-21(25)20(12-19)17-30-2)29-15-22-23(16-29)31-11-10-28(22)14-18-6-4-3-5-7-18;/h3-9,12,22-23H,10-11,13-17H2,1-2H3,(H,26,27);1H. The van der Waals surface area contributed by atoms with Crippen LogP contribution in [0.1, 0.15) is 16.7 Å². The normalized spacial score (nSPS) is 21.2. The van der Waals surface area contributed by atoms with Crippen molar-refractivity contribution in [2.45, 2.75) is 31.8 Å². The molecule has 2 fully saturated rings. The molecule has 2 aromatic carbocycles. The molecule has 2 aliphatic rings. The highest BCUT2D eigenvalue weighted by Crippen LogP contribution is 2.24. The predicted octanol–water partition coefficient (Wildman–Crippen LogP) is 3.25. The van der Waals surface area contributed by atoms with Gasteiger partial charge in [0, 0.05) is 52.4 Å². The minimum atomic E-state index is -0.241. The quantitative estimate of drug-likeness (QED) is 0.338. The number of hydrogen-bond donors (Lipinski definition) is 1. The topological polar surface area (TPSA) is 49.3 Å². The number of likely N-dealkylation sites (tertiary alicyclic amines) is 1. The van der Waals surface area contributed by atoms with Crippen molar-refractivity contribution < 1.29 is 13.9 Å². The van der Waals surface area contributed by atoms with Crippen LogP contribution in [0.4, 0.5) is 4.39 Å². The lowest BCUT2D eigenvalue weighted by atomic mass is 10.1. The van der Waals surface area contributed by atoms with Crippen LogP contribution in [0.2, 0.25) is 0 Å². The zero-order valence-corrected chi connectivity index (χ0v) is 21.0. The fourth-order valence-electron chi connectivity index (χ4n) is 4.46. The van der Waals surface area contributed by atoms with Crippen LogP contribution in [0.5, 0.6) is 0 Å². The molecule has 8 heteroatoms. The Kier molecular flexibility index (Phi) is 9.27. The van der Waals surface area contributed by atoms with Gasteiger partial charge in [0.05, 0.1) is 25.4 Å². The Bertz CT molecular complexity index is 899. The summed E-state index contributed by atoms with van der Waals surface area (Å²) in [5.74, 6) is 0.601. The number of ether oxygens (including phenoxy) is 2. The summed E-state index contributed by atoms with van der Waals surface area (Å²) in [5, 5.41) is 3.43. The molecular weight excluding hydrogens is 522 g/mol. The summed E-state index contributed by atoms with van der Waals surface area (Å²) >= 11 is 0. The first-order valence-corrected chi connectivity index (χ1v) is 10.8. The third-order valence-electron chi connectivity index (χ3n) is 6.02. The smallest absolute Gasteiger partial charge is 0.194 e. The van der Waals surface area contributed by atoms with Crippen LogP contribution in [0, 0.1) is 5.82 Å². The second kappa shape index (κ2) is 11.9. The molecule has 2 aromatic rings. The van der Waals surface area contributed by atoms with Crippen molar-refractivity contribution in [2.75, 3.05) is 40.4 Å². The Hall–Kier alpha value is -1.75. The fourth-order valence-corrected chi connectivity index (χ4v) is 4.46. The van der Waals surface area contributed by atoms with Crippen molar-refractivity contribution in [2.24, 2.45) is 4.99 Å². The molecule has 1 N–H and O–H groups in total. The Morgan fingerprint density at radius 2 is 2.00 bits per heavy atom. The molecule has 0 saturated carbocycles. The van der Waals surface area contributed by atoms with E-state index >= 15 is 0 Å². The van der Waals surface area contributed by atoms with Crippen LogP contribution in [-0.4, -0.2) is 68.3 Å². The molecular formula is C24H32FIN4O2. The lowest BCUT2D eigenvalue weighted by Crippen LogP contribution is -2.50. The molecule has 2 atom stereocenters. The Balaban J connectivity index is 0.00000289. The van der Waals surface area contributed by atoms with E-state index in [0.717, 1.165) is 44.3 Å². The number of benzene rings is 2. The number of nitrogens with zero attached hydrogens (tertiary/aromatic N) is 3. The van der Waals surface area contributed by atoms with E-state index in [1.165, 1.54) is 11.6 Å². The highest BCUT2D eigenvalue weighted by Gasteiger charge is 2.41. The van der Waals surface area contributed by atoms with Crippen LogP contribution in [0.3, 0.4) is 0 Å². The van der Waals surface area contributed by atoms with Crippen molar-refractivity contribution in [3.8, 4) is 0 Å². The summed E-state index contributed by atoms with van der Waals surface area (Å²) in [6, 6.07) is 16.1. The van der Waals surface area contributed by atoms with Gasteiger partial charge in [-0.1, -0.05) is 36.4 Å². The third-order valence-corrected chi connectivity index (χ3v) is 6.02. The van der Waals surface area contributed by atoms with Crippen LogP contribution in [0.15, 0.2) is 53.5 Å². The van der Waals surface area contributed by atoms with E-state index < -0.39 is 0 Å². The first-order valence-electron chi connectivity index (χ1n) is 10.8. The summed E-state index contributed by atoms with van der Waals surface area (Å²) < 4.78 is 25.1. The fraction of sp³-hybridized carbons (Fsp3) is 0.458. The number of halogens is 2. The monoisotopic (exact) mass is 554 g/mol. The largest absolute Gasteiger partial charge is 0.380 e. The van der Waals surface area contributed by atoms with Gasteiger partial charge in [0.25, 0.3) is 0 Å². The minimum Gasteiger partial charge on any atom is -0.380 e. The summed E-state index contributed by atoms with van der Waals surface area (Å²) in [4.78, 5) is 9.27. The van der Waals surface area contributed by atoms with E-state index in [0.29, 0.717) is 18.2 Å². The van der Waals surface area contributed by atoms with E-state index in [2.05, 4.69) is 50.4 Å². The van der Waals surface area contributed by atoms with Crippen molar-refractivity contribution >= 4 is 29.9 Å². The molecule has 2 heterocycles. The van der Waals surface area contributed by atoms with Crippen molar-refractivity contribution in [1.29, 1.82) is 0 Å². The average molecular weight is 554 g/mol. The van der Waals surface area contributed by atoms with Gasteiger partial charge in [-0.25, -0.2) is 4.39 Å². The molecule has 174 valence electrons. The number of guanidine groups is 1. The number of hydrogen-bond acceptors (Lipinski definition) is 4. The Morgan fingerprint density at radius 1 is 1.19 bits per heavy atom. The molecule has 0 aliphatic carbocycles. The van der Waals surface area contributed by atoms with E-state index in [1.54, 1.807) is 20.2 Å². The molecule has 2 aliphatic heterocycles. The zero-order valence-electron chi connectivity index (χ0n) is 18.7. The predicted molar refractivity (Wildman–Crippen MR) is 135 cm³/mol. The number of methoxy groups -OCH3 is 1. The van der Waals surface area contributed by atoms with E-state index in [-0.39, 0.29) is 42.5 Å². The van der Waals surface area contributed by atoms with Gasteiger partial charge in [0.1, 0.15) is 5.82 Å². The Labute approximate surface area is 206 Å². The second-order valence-corrected chi connectivity index (χ2v) is 8.10. The molecule has 0 amide bonds. The van der Waals surface area contributed by atoms with Gasteiger partial charge in [-0.15, -0.1) is 24.0 Å². The van der Waals surface area contributed by atoms with Gasteiger partial charge in [-0.3, -0.25) is 9.89 Å². The maximum Gasteiger partial charge on any atom is 0.194 e. The van der Waals surface area contributed by atoms with Crippen molar-refractivity contribution in [3.63, 3.8) is 0 Å². The van der Waals surface area contributed by atoms with Crippen LogP contribution < -0.4 is 5.32 Å². The highest BCUT2D eigenvalue weighted by molar-refractivity contribution is 14.0. The van der Waals surface area contributed by atoms with E-state index in [4.69, 9.17) is 9.47 Å². The number of rotatable bonds is 6. The van der Waals surface area contributed by atoms with Crippen molar-refractivity contribution in [1.82, 2.24) is 15.1 Å². The Morgan fingerprint density at radius 3 is 2.75 bits per heavy atom. The van der Waals surface area contributed by atoms with Gasteiger partial charge >= 0.3 is 0 Å². The number of morpholine rings is 1. The zero-order chi connectivity index (χ0) is 21.6. The number of fused-ring (bicyclic) bond motifs is 1. The first-order chi connectivity index (χ1) is 15.2. The molecule has 32 heavy (non-hydrogen) atoms. The van der Waals surface area contributed by atoms with Crippen molar-refractivity contribution in [3.05, 3.63) is 71.0 Å². The second-order valence-electron chi connectivity index (χ2n) is 8.10. The van der Waals surface area contributed by atoms with Crippen LogP contribution in [0.25, 0.3) is 0 Å².